The highest BCUT2D eigenvalue weighted by Gasteiger charge is 2.33. The molecule has 3 aromatic rings. The maximum Gasteiger partial charge on any atom is 0.401 e. The number of halogens is 4. The van der Waals surface area contributed by atoms with E-state index in [1.54, 1.807) is 17.8 Å². The Morgan fingerprint density at radius 2 is 1.97 bits per heavy atom. The number of carbonyl (C=O) groups is 1. The number of likely N-dealkylation sites (tertiary alicyclic amines) is 1. The first-order valence-electron chi connectivity index (χ1n) is 11.6. The third-order valence-corrected chi connectivity index (χ3v) is 5.86. The van der Waals surface area contributed by atoms with Crippen molar-refractivity contribution in [3.63, 3.8) is 0 Å². The highest BCUT2D eigenvalue weighted by Crippen LogP contribution is 2.31. The van der Waals surface area contributed by atoms with Gasteiger partial charge in [0.15, 0.2) is 23.1 Å². The van der Waals surface area contributed by atoms with E-state index in [1.807, 2.05) is 0 Å². The number of rotatable bonds is 8. The molecule has 1 aromatic carbocycles. The van der Waals surface area contributed by atoms with Crippen molar-refractivity contribution in [1.82, 2.24) is 24.6 Å². The van der Waals surface area contributed by atoms with E-state index >= 15 is 0 Å². The SMILES string of the molecule is CCc1nc(C(N)=O)c(Nc2cnn(C3CCN(CC(F)(F)F)CC3)c2)nc1Oc1cc(N)ccc1F. The molecule has 2 aromatic heterocycles. The van der Waals surface area contributed by atoms with Crippen molar-refractivity contribution in [2.24, 2.45) is 5.73 Å². The summed E-state index contributed by atoms with van der Waals surface area (Å²) in [5.74, 6) is -1.72. The quantitative estimate of drug-likeness (QED) is 0.300. The van der Waals surface area contributed by atoms with Crippen molar-refractivity contribution in [3.8, 4) is 11.6 Å². The molecule has 0 aliphatic carbocycles. The van der Waals surface area contributed by atoms with Gasteiger partial charge in [0.25, 0.3) is 5.91 Å². The Kier molecular flexibility index (Phi) is 7.47. The minimum atomic E-state index is -4.23. The average Bonchev–Trinajstić information content (AvgIpc) is 3.29. The fourth-order valence-corrected chi connectivity index (χ4v) is 4.06. The number of nitrogens with zero attached hydrogens (tertiary/aromatic N) is 5. The summed E-state index contributed by atoms with van der Waals surface area (Å²) in [4.78, 5) is 22.1. The molecule has 1 amide bonds. The lowest BCUT2D eigenvalue weighted by Crippen LogP contribution is -2.40. The van der Waals surface area contributed by atoms with E-state index in [-0.39, 0.29) is 40.6 Å². The number of piperidine rings is 1. The Labute approximate surface area is 209 Å². The van der Waals surface area contributed by atoms with Crippen LogP contribution in [0.5, 0.6) is 11.6 Å². The molecular formula is C23H26F4N8O2. The summed E-state index contributed by atoms with van der Waals surface area (Å²) < 4.78 is 59.5. The first-order valence-corrected chi connectivity index (χ1v) is 11.6. The van der Waals surface area contributed by atoms with Crippen molar-refractivity contribution in [3.05, 3.63) is 47.8 Å². The molecule has 3 heterocycles. The molecule has 37 heavy (non-hydrogen) atoms. The summed E-state index contributed by atoms with van der Waals surface area (Å²) in [7, 11) is 0. The third kappa shape index (κ3) is 6.44. The molecule has 0 atom stereocenters. The van der Waals surface area contributed by atoms with Gasteiger partial charge in [0, 0.05) is 31.0 Å². The summed E-state index contributed by atoms with van der Waals surface area (Å²) in [6.45, 7) is 1.42. The van der Waals surface area contributed by atoms with Crippen LogP contribution in [0, 0.1) is 5.82 Å². The molecule has 0 unspecified atom stereocenters. The Morgan fingerprint density at radius 3 is 2.62 bits per heavy atom. The summed E-state index contributed by atoms with van der Waals surface area (Å²) >= 11 is 0. The zero-order valence-electron chi connectivity index (χ0n) is 19.9. The van der Waals surface area contributed by atoms with Crippen LogP contribution in [0.25, 0.3) is 0 Å². The fraction of sp³-hybridized carbons (Fsp3) is 0.391. The summed E-state index contributed by atoms with van der Waals surface area (Å²) in [6, 6.07) is 3.75. The Balaban J connectivity index is 1.54. The predicted molar refractivity (Wildman–Crippen MR) is 127 cm³/mol. The van der Waals surface area contributed by atoms with E-state index in [0.29, 0.717) is 38.0 Å². The lowest BCUT2D eigenvalue weighted by Gasteiger charge is -2.32. The van der Waals surface area contributed by atoms with E-state index < -0.39 is 24.4 Å². The number of hydrogen-bond acceptors (Lipinski definition) is 8. The monoisotopic (exact) mass is 522 g/mol. The van der Waals surface area contributed by atoms with Crippen LogP contribution in [0.15, 0.2) is 30.6 Å². The molecule has 14 heteroatoms. The third-order valence-electron chi connectivity index (χ3n) is 5.86. The molecule has 10 nitrogen and oxygen atoms in total. The van der Waals surface area contributed by atoms with Gasteiger partial charge in [-0.25, -0.2) is 9.37 Å². The van der Waals surface area contributed by atoms with E-state index in [2.05, 4.69) is 20.4 Å². The van der Waals surface area contributed by atoms with Gasteiger partial charge in [-0.2, -0.15) is 23.3 Å². The number of nitrogen functional groups attached to an aromatic ring is 1. The Morgan fingerprint density at radius 1 is 1.24 bits per heavy atom. The molecule has 4 rings (SSSR count). The van der Waals surface area contributed by atoms with Gasteiger partial charge in [0.1, 0.15) is 5.69 Å². The van der Waals surface area contributed by atoms with Crippen molar-refractivity contribution in [2.45, 2.75) is 38.4 Å². The molecule has 0 saturated carbocycles. The first-order chi connectivity index (χ1) is 17.5. The van der Waals surface area contributed by atoms with Gasteiger partial charge < -0.3 is 21.5 Å². The smallest absolute Gasteiger partial charge is 0.401 e. The molecule has 0 bridgehead atoms. The second-order valence-corrected chi connectivity index (χ2v) is 8.64. The highest BCUT2D eigenvalue weighted by molar-refractivity contribution is 5.96. The summed E-state index contributed by atoms with van der Waals surface area (Å²) in [5, 5.41) is 7.25. The number of aromatic nitrogens is 4. The van der Waals surface area contributed by atoms with Crippen LogP contribution >= 0.6 is 0 Å². The molecule has 1 fully saturated rings. The fourth-order valence-electron chi connectivity index (χ4n) is 4.06. The topological polar surface area (TPSA) is 137 Å². The van der Waals surface area contributed by atoms with Crippen LogP contribution in [0.3, 0.4) is 0 Å². The number of hydrogen-bond donors (Lipinski definition) is 3. The highest BCUT2D eigenvalue weighted by atomic mass is 19.4. The zero-order chi connectivity index (χ0) is 26.7. The normalized spacial score (nSPS) is 15.1. The molecular weight excluding hydrogens is 496 g/mol. The average molecular weight is 523 g/mol. The van der Waals surface area contributed by atoms with Crippen LogP contribution in [0.1, 0.15) is 42.0 Å². The minimum absolute atomic E-state index is 0.0245. The number of carbonyl (C=O) groups excluding carboxylic acids is 1. The number of alkyl halides is 3. The van der Waals surface area contributed by atoms with Crippen LogP contribution < -0.4 is 21.5 Å². The predicted octanol–water partition coefficient (Wildman–Crippen LogP) is 3.79. The lowest BCUT2D eigenvalue weighted by molar-refractivity contribution is -0.148. The van der Waals surface area contributed by atoms with Crippen molar-refractivity contribution in [2.75, 3.05) is 30.7 Å². The van der Waals surface area contributed by atoms with Crippen molar-refractivity contribution >= 4 is 23.1 Å². The summed E-state index contributed by atoms with van der Waals surface area (Å²) in [6.07, 6.45) is 0.223. The van der Waals surface area contributed by atoms with E-state index in [4.69, 9.17) is 16.2 Å². The molecule has 198 valence electrons. The molecule has 1 aliphatic rings. The maximum absolute atomic E-state index is 14.2. The standard InChI is InChI=1S/C23H26F4N8O2/c1-2-17-22(37-18-9-13(28)3-4-16(18)24)33-21(19(32-17)20(29)36)31-14-10-30-35(11-14)15-5-7-34(8-6-15)12-23(25,26)27/h3-4,9-11,15H,2,5-8,12,28H2,1H3,(H2,29,36)(H,31,33). The van der Waals surface area contributed by atoms with Gasteiger partial charge in [-0.15, -0.1) is 0 Å². The lowest BCUT2D eigenvalue weighted by atomic mass is 10.1. The van der Waals surface area contributed by atoms with E-state index in [1.165, 1.54) is 23.2 Å². The molecule has 5 N–H and O–H groups in total. The van der Waals surface area contributed by atoms with Crippen molar-refractivity contribution in [1.29, 1.82) is 0 Å². The first kappa shape index (κ1) is 26.1. The van der Waals surface area contributed by atoms with Crippen LogP contribution in [-0.2, 0) is 6.42 Å². The number of ether oxygens (including phenoxy) is 1. The van der Waals surface area contributed by atoms with Gasteiger partial charge in [-0.3, -0.25) is 14.4 Å². The second kappa shape index (κ2) is 10.6. The number of aryl methyl sites for hydroxylation is 1. The maximum atomic E-state index is 14.2. The molecule has 0 spiro atoms. The van der Waals surface area contributed by atoms with Crippen LogP contribution in [0.4, 0.5) is 34.8 Å². The number of primary amides is 1. The Bertz CT molecular complexity index is 1270. The molecule has 0 radical (unpaired) electrons. The summed E-state index contributed by atoms with van der Waals surface area (Å²) in [5.41, 5.74) is 12.1. The molecule has 1 aliphatic heterocycles. The largest absolute Gasteiger partial charge is 0.434 e. The number of nitrogens with one attached hydrogen (secondary N) is 1. The van der Waals surface area contributed by atoms with Gasteiger partial charge in [-0.05, 0) is 31.4 Å². The van der Waals surface area contributed by atoms with Crippen LogP contribution in [0.2, 0.25) is 0 Å². The number of amides is 1. The van der Waals surface area contributed by atoms with Crippen LogP contribution in [-0.4, -0.2) is 56.4 Å². The number of nitrogens with two attached hydrogens (primary N) is 2. The molecule has 1 saturated heterocycles. The zero-order valence-corrected chi connectivity index (χ0v) is 19.9. The second-order valence-electron chi connectivity index (χ2n) is 8.64. The Hall–Kier alpha value is -3.94. The number of benzene rings is 1. The van der Waals surface area contributed by atoms with E-state index in [0.717, 1.165) is 6.07 Å². The minimum Gasteiger partial charge on any atom is -0.434 e. The van der Waals surface area contributed by atoms with Gasteiger partial charge >= 0.3 is 6.18 Å². The van der Waals surface area contributed by atoms with Gasteiger partial charge in [0.2, 0.25) is 5.88 Å². The van der Waals surface area contributed by atoms with E-state index in [9.17, 15) is 22.4 Å². The number of anilines is 3. The van der Waals surface area contributed by atoms with Crippen molar-refractivity contribution < 1.29 is 27.1 Å². The van der Waals surface area contributed by atoms with Gasteiger partial charge in [0.05, 0.1) is 24.5 Å². The van der Waals surface area contributed by atoms with Gasteiger partial charge in [-0.1, -0.05) is 6.92 Å².